The highest BCUT2D eigenvalue weighted by molar-refractivity contribution is 7.93. The number of carbonyl (C=O) groups is 2. The number of piperazine rings is 1. The largest absolute Gasteiger partial charge is 0.497 e. The average Bonchev–Trinajstić information content (AvgIpc) is 3.48. The summed E-state index contributed by atoms with van der Waals surface area (Å²) in [5.41, 5.74) is 1.40. The standard InChI is InChI=1S/C38H41N5O7S.C2HF3O2/c1-7-50-36-29(9-8-10-33(36)48-5)38(42-19-17-41(18-20-42)27-15-16-40-31(22-27)25(2)3)30-21-26(24-39)11-13-32(30)43(37(38)44)51(45,46)35-14-12-28(47-4)23-34(35)49-6;3-2(4,5)1(6)7/h8-16,21-23,25H,7,17-20H2,1-6H3;(H,6,7). The number of sulfonamides is 1. The lowest BCUT2D eigenvalue weighted by Crippen LogP contribution is -2.60. The Bertz CT molecular complexity index is 2330. The Kier molecular flexibility index (Phi) is 12.8. The van der Waals surface area contributed by atoms with Gasteiger partial charge in [0.05, 0.1) is 45.3 Å². The molecule has 3 heterocycles. The van der Waals surface area contributed by atoms with Crippen LogP contribution >= 0.6 is 0 Å². The number of rotatable bonds is 11. The van der Waals surface area contributed by atoms with Gasteiger partial charge in [0.25, 0.3) is 15.9 Å². The number of anilines is 2. The number of methoxy groups -OCH3 is 3. The Morgan fingerprint density at radius 1 is 0.948 bits per heavy atom. The summed E-state index contributed by atoms with van der Waals surface area (Å²) < 4.78 is 85.0. The van der Waals surface area contributed by atoms with Gasteiger partial charge in [-0.1, -0.05) is 26.0 Å². The summed E-state index contributed by atoms with van der Waals surface area (Å²) in [6.45, 7) is 8.05. The molecule has 2 aliphatic heterocycles. The Morgan fingerprint density at radius 3 is 2.19 bits per heavy atom. The first-order chi connectivity index (χ1) is 27.5. The van der Waals surface area contributed by atoms with E-state index in [9.17, 15) is 26.9 Å². The van der Waals surface area contributed by atoms with Gasteiger partial charge in [-0.15, -0.1) is 0 Å². The topological polar surface area (TPSA) is 172 Å². The average molecular weight is 826 g/mol. The molecule has 18 heteroatoms. The maximum Gasteiger partial charge on any atom is 0.490 e. The van der Waals surface area contributed by atoms with Crippen LogP contribution in [-0.4, -0.2) is 95.6 Å². The van der Waals surface area contributed by atoms with E-state index in [1.54, 1.807) is 30.5 Å². The van der Waals surface area contributed by atoms with Crippen LogP contribution in [0.3, 0.4) is 0 Å². The van der Waals surface area contributed by atoms with Crippen molar-refractivity contribution >= 4 is 33.3 Å². The Hall–Kier alpha value is -6.06. The first-order valence-corrected chi connectivity index (χ1v) is 19.4. The van der Waals surface area contributed by atoms with Crippen molar-refractivity contribution < 1.29 is 55.2 Å². The van der Waals surface area contributed by atoms with Crippen molar-refractivity contribution in [3.05, 3.63) is 95.3 Å². The van der Waals surface area contributed by atoms with Crippen LogP contribution in [0.25, 0.3) is 0 Å². The second-order valence-electron chi connectivity index (χ2n) is 13.3. The van der Waals surface area contributed by atoms with Crippen molar-refractivity contribution in [1.29, 1.82) is 5.26 Å². The van der Waals surface area contributed by atoms with Gasteiger partial charge >= 0.3 is 12.1 Å². The number of carboxylic acids is 1. The molecule has 1 amide bonds. The van der Waals surface area contributed by atoms with Crippen LogP contribution in [0, 0.1) is 11.3 Å². The highest BCUT2D eigenvalue weighted by Crippen LogP contribution is 2.55. The molecule has 1 aromatic heterocycles. The molecular weight excluding hydrogens is 784 g/mol. The number of fused-ring (bicyclic) bond motifs is 1. The van der Waals surface area contributed by atoms with Crippen molar-refractivity contribution in [2.75, 3.05) is 63.3 Å². The minimum Gasteiger partial charge on any atom is -0.497 e. The summed E-state index contributed by atoms with van der Waals surface area (Å²) in [7, 11) is -0.278. The summed E-state index contributed by atoms with van der Waals surface area (Å²) in [6, 6.07) is 20.4. The van der Waals surface area contributed by atoms with Gasteiger partial charge in [-0.05, 0) is 61.4 Å². The molecule has 0 bridgehead atoms. The van der Waals surface area contributed by atoms with Crippen molar-refractivity contribution in [3.8, 4) is 29.1 Å². The number of alkyl halides is 3. The van der Waals surface area contributed by atoms with Gasteiger partial charge in [0, 0.05) is 61.0 Å². The molecule has 1 unspecified atom stereocenters. The maximum atomic E-state index is 15.6. The number of nitrogens with zero attached hydrogens (tertiary/aromatic N) is 5. The summed E-state index contributed by atoms with van der Waals surface area (Å²) in [5.74, 6) is -2.15. The molecule has 4 aromatic rings. The SMILES string of the molecule is CCOc1c(OC)cccc1C1(N2CCN(c3ccnc(C(C)C)c3)CC2)C(=O)N(S(=O)(=O)c2ccc(OC)cc2OC)c2ccc(C#N)cc21.O=C(O)C(F)(F)F. The third kappa shape index (κ3) is 7.91. The Labute approximate surface area is 334 Å². The number of benzene rings is 3. The second kappa shape index (κ2) is 17.2. The lowest BCUT2D eigenvalue weighted by atomic mass is 9.80. The van der Waals surface area contributed by atoms with Gasteiger partial charge < -0.3 is 29.0 Å². The summed E-state index contributed by atoms with van der Waals surface area (Å²) in [6.07, 6.45) is -3.28. The molecule has 308 valence electrons. The monoisotopic (exact) mass is 825 g/mol. The quantitative estimate of drug-likeness (QED) is 0.189. The summed E-state index contributed by atoms with van der Waals surface area (Å²) >= 11 is 0. The minimum atomic E-state index is -5.08. The van der Waals surface area contributed by atoms with Crippen molar-refractivity contribution in [1.82, 2.24) is 9.88 Å². The third-order valence-electron chi connectivity index (χ3n) is 9.71. The molecule has 58 heavy (non-hydrogen) atoms. The fourth-order valence-corrected chi connectivity index (χ4v) is 8.61. The van der Waals surface area contributed by atoms with Crippen LogP contribution in [0.2, 0.25) is 0 Å². The first-order valence-electron chi connectivity index (χ1n) is 17.9. The predicted octanol–water partition coefficient (Wildman–Crippen LogP) is 5.94. The number of aliphatic carboxylic acids is 1. The lowest BCUT2D eigenvalue weighted by molar-refractivity contribution is -0.192. The normalized spacial score (nSPS) is 16.9. The molecule has 0 radical (unpaired) electrons. The van der Waals surface area contributed by atoms with Crippen molar-refractivity contribution in [2.24, 2.45) is 0 Å². The van der Waals surface area contributed by atoms with Gasteiger partial charge in [0.2, 0.25) is 0 Å². The first kappa shape index (κ1) is 43.1. The van der Waals surface area contributed by atoms with E-state index in [2.05, 4.69) is 35.9 Å². The number of nitriles is 1. The van der Waals surface area contributed by atoms with Gasteiger partial charge in [0.1, 0.15) is 16.4 Å². The van der Waals surface area contributed by atoms with E-state index in [0.29, 0.717) is 54.6 Å². The predicted molar refractivity (Wildman–Crippen MR) is 206 cm³/mol. The number of carbonyl (C=O) groups excluding carboxylic acids is 1. The molecule has 0 aliphatic carbocycles. The number of ether oxygens (including phenoxy) is 4. The maximum absolute atomic E-state index is 15.6. The molecular formula is C40H42F3N5O9S. The number of para-hydroxylation sites is 1. The molecule has 0 saturated carbocycles. The highest BCUT2D eigenvalue weighted by atomic mass is 32.2. The van der Waals surface area contributed by atoms with Crippen LogP contribution in [0.1, 0.15) is 49.1 Å². The number of aromatic nitrogens is 1. The molecule has 2 aliphatic rings. The Balaban J connectivity index is 0.000000839. The molecule has 0 spiro atoms. The van der Waals surface area contributed by atoms with Crippen molar-refractivity contribution in [3.63, 3.8) is 0 Å². The molecule has 1 N–H and O–H groups in total. The summed E-state index contributed by atoms with van der Waals surface area (Å²) in [5, 5.41) is 17.2. The van der Waals surface area contributed by atoms with E-state index in [0.717, 1.165) is 15.7 Å². The van der Waals surface area contributed by atoms with Gasteiger partial charge in [-0.25, -0.2) is 17.5 Å². The molecule has 1 atom stereocenters. The van der Waals surface area contributed by atoms with E-state index in [1.165, 1.54) is 51.7 Å². The van der Waals surface area contributed by atoms with Crippen LogP contribution in [0.15, 0.2) is 77.8 Å². The number of amides is 1. The lowest BCUT2D eigenvalue weighted by Gasteiger charge is -2.46. The van der Waals surface area contributed by atoms with E-state index < -0.39 is 33.6 Å². The zero-order chi connectivity index (χ0) is 42.6. The molecule has 1 fully saturated rings. The van der Waals surface area contributed by atoms with Crippen LogP contribution < -0.4 is 28.2 Å². The number of pyridine rings is 1. The third-order valence-corrected chi connectivity index (χ3v) is 11.4. The fourth-order valence-electron chi connectivity index (χ4n) is 7.01. The van der Waals surface area contributed by atoms with E-state index >= 15 is 4.79 Å². The number of hydrogen-bond acceptors (Lipinski definition) is 12. The van der Waals surface area contributed by atoms with E-state index in [4.69, 9.17) is 28.8 Å². The Morgan fingerprint density at radius 2 is 1.62 bits per heavy atom. The smallest absolute Gasteiger partial charge is 0.490 e. The number of carboxylic acid groups (broad SMARTS) is 1. The van der Waals surface area contributed by atoms with Gasteiger partial charge in [-0.2, -0.15) is 18.4 Å². The molecule has 3 aromatic carbocycles. The van der Waals surface area contributed by atoms with Gasteiger partial charge in [-0.3, -0.25) is 14.7 Å². The zero-order valence-corrected chi connectivity index (χ0v) is 33.3. The molecule has 14 nitrogen and oxygen atoms in total. The number of halogens is 3. The van der Waals surface area contributed by atoms with Gasteiger partial charge in [0.15, 0.2) is 17.0 Å². The molecule has 1 saturated heterocycles. The second-order valence-corrected chi connectivity index (χ2v) is 15.0. The number of hydrogen-bond donors (Lipinski definition) is 1. The highest BCUT2D eigenvalue weighted by Gasteiger charge is 2.61. The minimum absolute atomic E-state index is 0.0120. The summed E-state index contributed by atoms with van der Waals surface area (Å²) in [4.78, 5) is 33.0. The molecule has 6 rings (SSSR count). The zero-order valence-electron chi connectivity index (χ0n) is 32.5. The fraction of sp³-hybridized carbons (Fsp3) is 0.350. The van der Waals surface area contributed by atoms with E-state index in [1.807, 2.05) is 17.9 Å². The van der Waals surface area contributed by atoms with Crippen molar-refractivity contribution in [2.45, 2.75) is 43.3 Å². The van der Waals surface area contributed by atoms with Crippen LogP contribution in [0.4, 0.5) is 24.5 Å². The van der Waals surface area contributed by atoms with Crippen LogP contribution in [-0.2, 0) is 25.2 Å². The van der Waals surface area contributed by atoms with E-state index in [-0.39, 0.29) is 34.4 Å². The van der Waals surface area contributed by atoms with Crippen LogP contribution in [0.5, 0.6) is 23.0 Å².